The summed E-state index contributed by atoms with van der Waals surface area (Å²) < 4.78 is 11.2. The Kier molecular flexibility index (Phi) is 5.36. The van der Waals surface area contributed by atoms with Crippen molar-refractivity contribution in [2.75, 3.05) is 26.3 Å². The normalized spacial score (nSPS) is 19.1. The maximum absolute atomic E-state index is 12.3. The van der Waals surface area contributed by atoms with Gasteiger partial charge in [-0.1, -0.05) is 19.1 Å². The number of carbonyl (C=O) groups excluding carboxylic acids is 1. The summed E-state index contributed by atoms with van der Waals surface area (Å²) in [6.45, 7) is 4.95. The van der Waals surface area contributed by atoms with Crippen LogP contribution < -0.4 is 10.1 Å². The second kappa shape index (κ2) is 7.26. The average Bonchev–Trinajstić information content (AvgIpc) is 2.46. The summed E-state index contributed by atoms with van der Waals surface area (Å²) in [5.41, 5.74) is 0.658. The Hall–Kier alpha value is -1.39. The molecule has 1 atom stereocenters. The number of para-hydroxylation sites is 1. The maximum Gasteiger partial charge on any atom is 0.169 e. The van der Waals surface area contributed by atoms with Crippen molar-refractivity contribution in [3.05, 3.63) is 29.8 Å². The van der Waals surface area contributed by atoms with Crippen LogP contribution in [0.15, 0.2) is 24.3 Å². The summed E-state index contributed by atoms with van der Waals surface area (Å²) in [6.07, 6.45) is 1.30. The molecule has 0 radical (unpaired) electrons. The van der Waals surface area contributed by atoms with Gasteiger partial charge in [-0.25, -0.2) is 0 Å². The molecule has 2 rings (SSSR count). The van der Waals surface area contributed by atoms with Crippen LogP contribution in [0.2, 0.25) is 0 Å². The molecule has 1 N–H and O–H groups in total. The molecule has 1 saturated heterocycles. The molecular formula is C15H21NO3. The number of ketones is 1. The van der Waals surface area contributed by atoms with E-state index in [4.69, 9.17) is 9.47 Å². The highest BCUT2D eigenvalue weighted by molar-refractivity contribution is 5.98. The fourth-order valence-corrected chi connectivity index (χ4v) is 2.10. The molecular weight excluding hydrogens is 242 g/mol. The van der Waals surface area contributed by atoms with E-state index in [2.05, 4.69) is 5.32 Å². The average molecular weight is 263 g/mol. The number of hydrogen-bond acceptors (Lipinski definition) is 4. The van der Waals surface area contributed by atoms with E-state index in [1.807, 2.05) is 31.2 Å². The Morgan fingerprint density at radius 2 is 2.32 bits per heavy atom. The first-order chi connectivity index (χ1) is 9.31. The lowest BCUT2D eigenvalue weighted by Gasteiger charge is -2.23. The molecule has 1 aromatic carbocycles. The van der Waals surface area contributed by atoms with Crippen molar-refractivity contribution in [3.63, 3.8) is 0 Å². The van der Waals surface area contributed by atoms with E-state index in [1.54, 1.807) is 0 Å². The third-order valence-corrected chi connectivity index (χ3v) is 3.07. The molecule has 1 aromatic rings. The zero-order chi connectivity index (χ0) is 13.5. The number of Topliss-reactive ketones (excluding diaryl/α,β-unsaturated/α-hetero) is 1. The van der Waals surface area contributed by atoms with Crippen molar-refractivity contribution in [3.8, 4) is 5.75 Å². The number of hydrogen-bond donors (Lipinski definition) is 1. The van der Waals surface area contributed by atoms with Gasteiger partial charge in [0.1, 0.15) is 5.75 Å². The number of morpholine rings is 1. The lowest BCUT2D eigenvalue weighted by atomic mass is 10.0. The summed E-state index contributed by atoms with van der Waals surface area (Å²) >= 11 is 0. The molecule has 0 spiro atoms. The summed E-state index contributed by atoms with van der Waals surface area (Å²) in [6, 6.07) is 7.43. The third kappa shape index (κ3) is 4.04. The molecule has 19 heavy (non-hydrogen) atoms. The van der Waals surface area contributed by atoms with Gasteiger partial charge in [-0.05, 0) is 18.6 Å². The Balaban J connectivity index is 2.00. The quantitative estimate of drug-likeness (QED) is 0.798. The molecule has 1 aliphatic heterocycles. The molecule has 1 aliphatic rings. The van der Waals surface area contributed by atoms with Gasteiger partial charge in [0.15, 0.2) is 5.78 Å². The van der Waals surface area contributed by atoms with Gasteiger partial charge in [0.05, 0.1) is 24.9 Å². The van der Waals surface area contributed by atoms with E-state index in [-0.39, 0.29) is 11.9 Å². The number of carbonyl (C=O) groups is 1. The highest BCUT2D eigenvalue weighted by Crippen LogP contribution is 2.21. The molecule has 4 nitrogen and oxygen atoms in total. The monoisotopic (exact) mass is 263 g/mol. The summed E-state index contributed by atoms with van der Waals surface area (Å²) in [5, 5.41) is 3.23. The second-order valence-corrected chi connectivity index (χ2v) is 4.67. The molecule has 104 valence electrons. The van der Waals surface area contributed by atoms with E-state index in [9.17, 15) is 4.79 Å². The highest BCUT2D eigenvalue weighted by atomic mass is 16.5. The Bertz CT molecular complexity index is 414. The topological polar surface area (TPSA) is 47.6 Å². The Labute approximate surface area is 114 Å². The second-order valence-electron chi connectivity index (χ2n) is 4.67. The van der Waals surface area contributed by atoms with Crippen molar-refractivity contribution < 1.29 is 14.3 Å². The zero-order valence-corrected chi connectivity index (χ0v) is 11.4. The van der Waals surface area contributed by atoms with Crippen molar-refractivity contribution >= 4 is 5.78 Å². The summed E-state index contributed by atoms with van der Waals surface area (Å²) in [5.74, 6) is 0.763. The van der Waals surface area contributed by atoms with Crippen LogP contribution in [0.3, 0.4) is 0 Å². The minimum Gasteiger partial charge on any atom is -0.493 e. The fourth-order valence-electron chi connectivity index (χ4n) is 2.10. The van der Waals surface area contributed by atoms with Gasteiger partial charge in [0, 0.05) is 19.5 Å². The first kappa shape index (κ1) is 14.0. The van der Waals surface area contributed by atoms with Crippen LogP contribution in [0.25, 0.3) is 0 Å². The van der Waals surface area contributed by atoms with Crippen LogP contribution in [0.5, 0.6) is 5.75 Å². The van der Waals surface area contributed by atoms with Crippen molar-refractivity contribution in [2.45, 2.75) is 25.9 Å². The predicted octanol–water partition coefficient (Wildman–Crippen LogP) is 2.04. The SMILES string of the molecule is CCCOc1ccccc1C(=O)CC1CNCCO1. The molecule has 4 heteroatoms. The van der Waals surface area contributed by atoms with Gasteiger partial charge in [-0.15, -0.1) is 0 Å². The molecule has 0 amide bonds. The molecule has 0 bridgehead atoms. The van der Waals surface area contributed by atoms with Crippen LogP contribution in [-0.4, -0.2) is 38.2 Å². The van der Waals surface area contributed by atoms with Gasteiger partial charge in [-0.2, -0.15) is 0 Å². The molecule has 0 saturated carbocycles. The minimum atomic E-state index is -0.0273. The first-order valence-electron chi connectivity index (χ1n) is 6.88. The van der Waals surface area contributed by atoms with E-state index in [0.717, 1.165) is 19.5 Å². The third-order valence-electron chi connectivity index (χ3n) is 3.07. The molecule has 1 heterocycles. The van der Waals surface area contributed by atoms with Gasteiger partial charge in [-0.3, -0.25) is 4.79 Å². The molecule has 1 fully saturated rings. The summed E-state index contributed by atoms with van der Waals surface area (Å²) in [4.78, 5) is 12.3. The van der Waals surface area contributed by atoms with E-state index >= 15 is 0 Å². The fraction of sp³-hybridized carbons (Fsp3) is 0.533. The standard InChI is InChI=1S/C15H21NO3/c1-2-8-19-15-6-4-3-5-13(15)14(17)10-12-11-16-7-9-18-12/h3-6,12,16H,2,7-11H2,1H3. The van der Waals surface area contributed by atoms with E-state index in [1.165, 1.54) is 0 Å². The minimum absolute atomic E-state index is 0.0273. The van der Waals surface area contributed by atoms with Crippen molar-refractivity contribution in [1.29, 1.82) is 0 Å². The maximum atomic E-state index is 12.3. The zero-order valence-electron chi connectivity index (χ0n) is 11.4. The van der Waals surface area contributed by atoms with Crippen LogP contribution in [0.4, 0.5) is 0 Å². The number of benzene rings is 1. The Morgan fingerprint density at radius 1 is 1.47 bits per heavy atom. The van der Waals surface area contributed by atoms with Crippen LogP contribution in [-0.2, 0) is 4.74 Å². The first-order valence-corrected chi connectivity index (χ1v) is 6.88. The molecule has 0 aromatic heterocycles. The highest BCUT2D eigenvalue weighted by Gasteiger charge is 2.20. The van der Waals surface area contributed by atoms with Crippen molar-refractivity contribution in [2.24, 2.45) is 0 Å². The van der Waals surface area contributed by atoms with Crippen molar-refractivity contribution in [1.82, 2.24) is 5.32 Å². The van der Waals surface area contributed by atoms with Gasteiger partial charge in [0.2, 0.25) is 0 Å². The molecule has 0 aliphatic carbocycles. The number of rotatable bonds is 6. The smallest absolute Gasteiger partial charge is 0.169 e. The predicted molar refractivity (Wildman–Crippen MR) is 73.8 cm³/mol. The van der Waals surface area contributed by atoms with Crippen LogP contribution >= 0.6 is 0 Å². The molecule has 1 unspecified atom stereocenters. The van der Waals surface area contributed by atoms with E-state index in [0.29, 0.717) is 30.9 Å². The lowest BCUT2D eigenvalue weighted by Crippen LogP contribution is -2.39. The van der Waals surface area contributed by atoms with E-state index < -0.39 is 0 Å². The lowest BCUT2D eigenvalue weighted by molar-refractivity contribution is 0.0239. The van der Waals surface area contributed by atoms with Gasteiger partial charge < -0.3 is 14.8 Å². The van der Waals surface area contributed by atoms with Gasteiger partial charge in [0.25, 0.3) is 0 Å². The summed E-state index contributed by atoms with van der Waals surface area (Å²) in [7, 11) is 0. The number of ether oxygens (including phenoxy) is 2. The Morgan fingerprint density at radius 3 is 3.05 bits per heavy atom. The number of nitrogens with one attached hydrogen (secondary N) is 1. The van der Waals surface area contributed by atoms with Crippen LogP contribution in [0, 0.1) is 0 Å². The van der Waals surface area contributed by atoms with Crippen LogP contribution in [0.1, 0.15) is 30.1 Å². The largest absolute Gasteiger partial charge is 0.493 e. The van der Waals surface area contributed by atoms with Gasteiger partial charge >= 0.3 is 0 Å².